The van der Waals surface area contributed by atoms with E-state index in [4.69, 9.17) is 25.5 Å². The van der Waals surface area contributed by atoms with Gasteiger partial charge in [-0.05, 0) is 35.4 Å². The number of benzene rings is 3. The third-order valence-electron chi connectivity index (χ3n) is 5.75. The molecule has 33 heavy (non-hydrogen) atoms. The molecular weight excluding hydrogens is 448 g/mol. The van der Waals surface area contributed by atoms with Crippen LogP contribution in [0.3, 0.4) is 0 Å². The standard InChI is InChI=1S/C25H17ClO7/c1-31-14-5-2-12(3-6-14)16-11-32-25-22-15(13-4-7-18(27)17(26)8-13)9-21(29)33-20(22)10-19(28)23(25)24(16)30/h2-8,10-11,15,27-28H,9H2,1H3. The fourth-order valence-electron chi connectivity index (χ4n) is 4.13. The largest absolute Gasteiger partial charge is 0.507 e. The maximum absolute atomic E-state index is 13.4. The lowest BCUT2D eigenvalue weighted by molar-refractivity contribution is -0.135. The van der Waals surface area contributed by atoms with E-state index in [-0.39, 0.29) is 45.2 Å². The van der Waals surface area contributed by atoms with Crippen LogP contribution in [0.5, 0.6) is 23.0 Å². The quantitative estimate of drug-likeness (QED) is 0.325. The number of rotatable bonds is 3. The van der Waals surface area contributed by atoms with Gasteiger partial charge in [0.05, 0.1) is 24.1 Å². The third-order valence-corrected chi connectivity index (χ3v) is 6.05. The Morgan fingerprint density at radius 2 is 1.79 bits per heavy atom. The SMILES string of the molecule is COc1ccc(-c2coc3c4c(cc(O)c3c2=O)OC(=O)CC4c2ccc(O)c(Cl)c2)cc1. The molecule has 0 saturated carbocycles. The lowest BCUT2D eigenvalue weighted by atomic mass is 9.85. The molecule has 4 aromatic rings. The molecule has 0 amide bonds. The first kappa shape index (κ1) is 20.9. The number of carbonyl (C=O) groups excluding carboxylic acids is 1. The number of methoxy groups -OCH3 is 1. The summed E-state index contributed by atoms with van der Waals surface area (Å²) in [5.74, 6) is -0.774. The highest BCUT2D eigenvalue weighted by Gasteiger charge is 2.34. The predicted octanol–water partition coefficient (Wildman–Crippen LogP) is 4.97. The van der Waals surface area contributed by atoms with Gasteiger partial charge in [0.1, 0.15) is 40.2 Å². The van der Waals surface area contributed by atoms with Crippen molar-refractivity contribution < 1.29 is 28.9 Å². The second kappa shape index (κ2) is 7.86. The first-order valence-electron chi connectivity index (χ1n) is 10.0. The molecule has 1 aliphatic heterocycles. The van der Waals surface area contributed by atoms with Gasteiger partial charge in [-0.2, -0.15) is 0 Å². The van der Waals surface area contributed by atoms with Gasteiger partial charge in [-0.3, -0.25) is 9.59 Å². The highest BCUT2D eigenvalue weighted by atomic mass is 35.5. The van der Waals surface area contributed by atoms with Crippen LogP contribution in [0, 0.1) is 0 Å². The summed E-state index contributed by atoms with van der Waals surface area (Å²) < 4.78 is 16.4. The van der Waals surface area contributed by atoms with E-state index in [2.05, 4.69) is 0 Å². The van der Waals surface area contributed by atoms with E-state index in [1.807, 2.05) is 0 Å². The van der Waals surface area contributed by atoms with E-state index in [9.17, 15) is 19.8 Å². The van der Waals surface area contributed by atoms with Crippen molar-refractivity contribution in [1.29, 1.82) is 0 Å². The Labute approximate surface area is 192 Å². The molecule has 1 aliphatic rings. The smallest absolute Gasteiger partial charge is 0.312 e. The summed E-state index contributed by atoms with van der Waals surface area (Å²) in [5, 5.41) is 20.5. The average molecular weight is 465 g/mol. The van der Waals surface area contributed by atoms with Crippen LogP contribution in [-0.2, 0) is 4.79 Å². The van der Waals surface area contributed by atoms with Crippen LogP contribution < -0.4 is 14.9 Å². The fourth-order valence-corrected chi connectivity index (χ4v) is 4.32. The number of carbonyl (C=O) groups is 1. The van der Waals surface area contributed by atoms with E-state index < -0.39 is 17.3 Å². The van der Waals surface area contributed by atoms with Gasteiger partial charge < -0.3 is 24.1 Å². The van der Waals surface area contributed by atoms with Crippen molar-refractivity contribution in [2.75, 3.05) is 7.11 Å². The first-order valence-corrected chi connectivity index (χ1v) is 10.4. The first-order chi connectivity index (χ1) is 15.9. The molecule has 3 aromatic carbocycles. The number of esters is 1. The Morgan fingerprint density at radius 1 is 1.03 bits per heavy atom. The number of hydrogen-bond donors (Lipinski definition) is 2. The summed E-state index contributed by atoms with van der Waals surface area (Å²) in [7, 11) is 1.55. The lowest BCUT2D eigenvalue weighted by Gasteiger charge is -2.26. The Bertz CT molecular complexity index is 1470. The van der Waals surface area contributed by atoms with Crippen molar-refractivity contribution in [3.05, 3.63) is 81.2 Å². The highest BCUT2D eigenvalue weighted by molar-refractivity contribution is 6.32. The summed E-state index contributed by atoms with van der Waals surface area (Å²) >= 11 is 6.09. The van der Waals surface area contributed by atoms with Crippen LogP contribution in [0.15, 0.2) is 64.0 Å². The minimum atomic E-state index is -0.558. The molecule has 1 aromatic heterocycles. The summed E-state index contributed by atoms with van der Waals surface area (Å²) in [6.45, 7) is 0. The van der Waals surface area contributed by atoms with Crippen molar-refractivity contribution in [1.82, 2.24) is 0 Å². The Morgan fingerprint density at radius 3 is 2.48 bits per heavy atom. The molecule has 7 nitrogen and oxygen atoms in total. The average Bonchev–Trinajstić information content (AvgIpc) is 2.80. The fraction of sp³-hybridized carbons (Fsp3) is 0.120. The van der Waals surface area contributed by atoms with Gasteiger partial charge in [0, 0.05) is 17.5 Å². The lowest BCUT2D eigenvalue weighted by Crippen LogP contribution is -2.22. The monoisotopic (exact) mass is 464 g/mol. The number of halogens is 1. The molecule has 2 heterocycles. The van der Waals surface area contributed by atoms with Crippen LogP contribution in [0.4, 0.5) is 0 Å². The van der Waals surface area contributed by atoms with Gasteiger partial charge >= 0.3 is 5.97 Å². The predicted molar refractivity (Wildman–Crippen MR) is 121 cm³/mol. The minimum Gasteiger partial charge on any atom is -0.507 e. The van der Waals surface area contributed by atoms with Gasteiger partial charge in [0.25, 0.3) is 0 Å². The molecule has 0 fully saturated rings. The summed E-state index contributed by atoms with van der Waals surface area (Å²) in [4.78, 5) is 25.7. The second-order valence-electron chi connectivity index (χ2n) is 7.66. The maximum Gasteiger partial charge on any atom is 0.312 e. The van der Waals surface area contributed by atoms with Crippen molar-refractivity contribution in [3.8, 4) is 34.1 Å². The number of phenolic OH excluding ortho intramolecular Hbond substituents is 2. The van der Waals surface area contributed by atoms with Gasteiger partial charge in [-0.15, -0.1) is 0 Å². The number of phenols is 2. The van der Waals surface area contributed by atoms with Crippen LogP contribution in [0.25, 0.3) is 22.1 Å². The van der Waals surface area contributed by atoms with Crippen molar-refractivity contribution in [2.45, 2.75) is 12.3 Å². The molecule has 0 spiro atoms. The molecule has 0 radical (unpaired) electrons. The molecule has 5 rings (SSSR count). The minimum absolute atomic E-state index is 0.0186. The Kier molecular flexibility index (Phi) is 4.98. The highest BCUT2D eigenvalue weighted by Crippen LogP contribution is 2.46. The zero-order valence-electron chi connectivity index (χ0n) is 17.3. The third kappa shape index (κ3) is 3.47. The van der Waals surface area contributed by atoms with Crippen LogP contribution in [0.2, 0.25) is 5.02 Å². The molecule has 1 atom stereocenters. The summed E-state index contributed by atoms with van der Waals surface area (Å²) in [6, 6.07) is 12.7. The molecular formula is C25H17ClO7. The Hall–Kier alpha value is -3.97. The number of fused-ring (bicyclic) bond motifs is 3. The van der Waals surface area contributed by atoms with Crippen LogP contribution in [-0.4, -0.2) is 23.3 Å². The molecule has 166 valence electrons. The molecule has 0 saturated heterocycles. The molecule has 0 bridgehead atoms. The van der Waals surface area contributed by atoms with E-state index in [1.165, 1.54) is 18.4 Å². The van der Waals surface area contributed by atoms with E-state index >= 15 is 0 Å². The van der Waals surface area contributed by atoms with Crippen LogP contribution in [0.1, 0.15) is 23.5 Å². The van der Waals surface area contributed by atoms with E-state index in [0.717, 1.165) is 0 Å². The van der Waals surface area contributed by atoms with Gasteiger partial charge in [0.15, 0.2) is 0 Å². The second-order valence-corrected chi connectivity index (χ2v) is 8.07. The van der Waals surface area contributed by atoms with Gasteiger partial charge in [-0.1, -0.05) is 29.8 Å². The number of ether oxygens (including phenoxy) is 2. The molecule has 8 heteroatoms. The van der Waals surface area contributed by atoms with Crippen molar-refractivity contribution >= 4 is 28.5 Å². The van der Waals surface area contributed by atoms with E-state index in [1.54, 1.807) is 43.5 Å². The topological polar surface area (TPSA) is 106 Å². The van der Waals surface area contributed by atoms with E-state index in [0.29, 0.717) is 22.4 Å². The normalized spacial score (nSPS) is 15.2. The van der Waals surface area contributed by atoms with Gasteiger partial charge in [0.2, 0.25) is 5.43 Å². The number of aromatic hydroxyl groups is 2. The summed E-state index contributed by atoms with van der Waals surface area (Å²) in [6.07, 6.45) is 1.29. The Balaban J connectivity index is 1.74. The van der Waals surface area contributed by atoms with Crippen molar-refractivity contribution in [2.24, 2.45) is 0 Å². The molecule has 2 N–H and O–H groups in total. The van der Waals surface area contributed by atoms with Crippen molar-refractivity contribution in [3.63, 3.8) is 0 Å². The number of hydrogen-bond acceptors (Lipinski definition) is 7. The molecule has 0 aliphatic carbocycles. The van der Waals surface area contributed by atoms with Gasteiger partial charge in [-0.25, -0.2) is 0 Å². The summed E-state index contributed by atoms with van der Waals surface area (Å²) in [5.41, 5.74) is 1.62. The zero-order valence-corrected chi connectivity index (χ0v) is 18.1. The zero-order chi connectivity index (χ0) is 23.3. The molecule has 1 unspecified atom stereocenters. The maximum atomic E-state index is 13.4. The van der Waals surface area contributed by atoms with Crippen LogP contribution >= 0.6 is 11.6 Å².